The van der Waals surface area contributed by atoms with Gasteiger partial charge in [0.1, 0.15) is 11.9 Å². The lowest BCUT2D eigenvalue weighted by Crippen LogP contribution is -2.45. The van der Waals surface area contributed by atoms with Crippen LogP contribution < -0.4 is 10.3 Å². The summed E-state index contributed by atoms with van der Waals surface area (Å²) in [6.45, 7) is 1.25. The molecule has 132 valence electrons. The smallest absolute Gasteiger partial charge is 0.266 e. The van der Waals surface area contributed by atoms with Crippen molar-refractivity contribution in [3.05, 3.63) is 57.5 Å². The van der Waals surface area contributed by atoms with Crippen LogP contribution in [-0.2, 0) is 18.3 Å². The van der Waals surface area contributed by atoms with Crippen LogP contribution in [0.25, 0.3) is 0 Å². The van der Waals surface area contributed by atoms with Gasteiger partial charge < -0.3 is 9.64 Å². The van der Waals surface area contributed by atoms with Crippen LogP contribution in [0.5, 0.6) is 5.75 Å². The standard InChI is InChI=1S/C18H20ClN3O3/c1-21-17(23)8-7-14(20-21)11-18(24)22-9-3-6-16(12-22)25-15-5-2-4-13(19)10-15/h2,4-5,7-8,10,16H,3,6,9,11-12H2,1H3. The summed E-state index contributed by atoms with van der Waals surface area (Å²) >= 11 is 5.98. The van der Waals surface area contributed by atoms with Gasteiger partial charge in [0.25, 0.3) is 5.56 Å². The fraction of sp³-hybridized carbons (Fsp3) is 0.389. The summed E-state index contributed by atoms with van der Waals surface area (Å²) in [6, 6.07) is 10.3. The van der Waals surface area contributed by atoms with Crippen LogP contribution in [0.4, 0.5) is 0 Å². The van der Waals surface area contributed by atoms with Gasteiger partial charge in [-0.15, -0.1) is 0 Å². The van der Waals surface area contributed by atoms with Gasteiger partial charge >= 0.3 is 0 Å². The van der Waals surface area contributed by atoms with Crippen LogP contribution in [0.15, 0.2) is 41.2 Å². The average Bonchev–Trinajstić information content (AvgIpc) is 2.58. The van der Waals surface area contributed by atoms with E-state index in [1.165, 1.54) is 10.7 Å². The van der Waals surface area contributed by atoms with Crippen molar-refractivity contribution in [2.24, 2.45) is 7.05 Å². The van der Waals surface area contributed by atoms with Crippen molar-refractivity contribution in [1.82, 2.24) is 14.7 Å². The Kier molecular flexibility index (Phi) is 5.38. The predicted octanol–water partition coefficient (Wildman–Crippen LogP) is 2.05. The number of ether oxygens (including phenoxy) is 1. The summed E-state index contributed by atoms with van der Waals surface area (Å²) in [5.41, 5.74) is 0.397. The SMILES string of the molecule is Cn1nc(CC(=O)N2CCCC(Oc3cccc(Cl)c3)C2)ccc1=O. The van der Waals surface area contributed by atoms with Crippen molar-refractivity contribution in [3.63, 3.8) is 0 Å². The highest BCUT2D eigenvalue weighted by Gasteiger charge is 2.25. The summed E-state index contributed by atoms with van der Waals surface area (Å²) < 4.78 is 7.20. The minimum atomic E-state index is -0.191. The predicted molar refractivity (Wildman–Crippen MR) is 94.9 cm³/mol. The van der Waals surface area contributed by atoms with Crippen LogP contribution >= 0.6 is 11.6 Å². The molecule has 0 N–H and O–H groups in total. The molecule has 0 aliphatic carbocycles. The molecule has 2 heterocycles. The van der Waals surface area contributed by atoms with E-state index in [4.69, 9.17) is 16.3 Å². The maximum atomic E-state index is 12.5. The number of piperidine rings is 1. The quantitative estimate of drug-likeness (QED) is 0.836. The molecule has 1 amide bonds. The Morgan fingerprint density at radius 1 is 1.36 bits per heavy atom. The van der Waals surface area contributed by atoms with E-state index in [1.807, 2.05) is 12.1 Å². The lowest BCUT2D eigenvalue weighted by atomic mass is 10.1. The van der Waals surface area contributed by atoms with Gasteiger partial charge in [-0.05, 0) is 37.1 Å². The molecular weight excluding hydrogens is 342 g/mol. The third kappa shape index (κ3) is 4.60. The molecular formula is C18H20ClN3O3. The number of aryl methyl sites for hydroxylation is 1. The second-order valence-electron chi connectivity index (χ2n) is 6.14. The second kappa shape index (κ2) is 7.70. The summed E-state index contributed by atoms with van der Waals surface area (Å²) in [6.07, 6.45) is 1.91. The van der Waals surface area contributed by atoms with Gasteiger partial charge in [-0.2, -0.15) is 5.10 Å². The lowest BCUT2D eigenvalue weighted by molar-refractivity contribution is -0.133. The Morgan fingerprint density at radius 3 is 2.96 bits per heavy atom. The van der Waals surface area contributed by atoms with Crippen molar-refractivity contribution in [1.29, 1.82) is 0 Å². The minimum Gasteiger partial charge on any atom is -0.489 e. The van der Waals surface area contributed by atoms with Crippen molar-refractivity contribution >= 4 is 17.5 Å². The van der Waals surface area contributed by atoms with E-state index in [0.29, 0.717) is 29.6 Å². The van der Waals surface area contributed by atoms with E-state index >= 15 is 0 Å². The number of rotatable bonds is 4. The van der Waals surface area contributed by atoms with Crippen LogP contribution in [0.2, 0.25) is 5.02 Å². The topological polar surface area (TPSA) is 64.4 Å². The zero-order valence-electron chi connectivity index (χ0n) is 14.0. The Balaban J connectivity index is 1.61. The number of amides is 1. The molecule has 1 unspecified atom stereocenters. The molecule has 0 saturated carbocycles. The summed E-state index contributed by atoms with van der Waals surface area (Å²) in [4.78, 5) is 25.7. The Morgan fingerprint density at radius 2 is 2.20 bits per heavy atom. The van der Waals surface area contributed by atoms with E-state index in [0.717, 1.165) is 12.8 Å². The molecule has 3 rings (SSSR count). The minimum absolute atomic E-state index is 0.00876. The van der Waals surface area contributed by atoms with Gasteiger partial charge in [0.15, 0.2) is 0 Å². The molecule has 6 nitrogen and oxygen atoms in total. The molecule has 1 aliphatic rings. The Hall–Kier alpha value is -2.34. The second-order valence-corrected chi connectivity index (χ2v) is 6.58. The first kappa shape index (κ1) is 17.5. The zero-order chi connectivity index (χ0) is 17.8. The maximum absolute atomic E-state index is 12.5. The third-order valence-electron chi connectivity index (χ3n) is 4.18. The number of likely N-dealkylation sites (tertiary alicyclic amines) is 1. The molecule has 1 atom stereocenters. The Bertz CT molecular complexity index is 821. The molecule has 1 aliphatic heterocycles. The molecule has 0 bridgehead atoms. The first-order valence-electron chi connectivity index (χ1n) is 8.24. The molecule has 1 aromatic heterocycles. The highest BCUT2D eigenvalue weighted by molar-refractivity contribution is 6.30. The number of nitrogens with zero attached hydrogens (tertiary/aromatic N) is 3. The normalized spacial score (nSPS) is 17.4. The van der Waals surface area contributed by atoms with Crippen molar-refractivity contribution in [2.45, 2.75) is 25.4 Å². The van der Waals surface area contributed by atoms with E-state index < -0.39 is 0 Å². The molecule has 25 heavy (non-hydrogen) atoms. The van der Waals surface area contributed by atoms with Gasteiger partial charge in [0.05, 0.1) is 18.7 Å². The fourth-order valence-electron chi connectivity index (χ4n) is 2.91. The first-order valence-corrected chi connectivity index (χ1v) is 8.62. The molecule has 1 aromatic carbocycles. The van der Waals surface area contributed by atoms with E-state index in [2.05, 4.69) is 5.10 Å². The van der Waals surface area contributed by atoms with Crippen LogP contribution in [0.1, 0.15) is 18.5 Å². The van der Waals surface area contributed by atoms with Gasteiger partial charge in [0.2, 0.25) is 5.91 Å². The third-order valence-corrected chi connectivity index (χ3v) is 4.41. The van der Waals surface area contributed by atoms with Gasteiger partial charge in [-0.3, -0.25) is 9.59 Å². The van der Waals surface area contributed by atoms with Crippen molar-refractivity contribution < 1.29 is 9.53 Å². The number of carbonyl (C=O) groups excluding carboxylic acids is 1. The zero-order valence-corrected chi connectivity index (χ0v) is 14.8. The van der Waals surface area contributed by atoms with Gasteiger partial charge in [0, 0.05) is 24.7 Å². The largest absolute Gasteiger partial charge is 0.489 e. The lowest BCUT2D eigenvalue weighted by Gasteiger charge is -2.33. The Labute approximate surface area is 151 Å². The summed E-state index contributed by atoms with van der Waals surface area (Å²) in [5.74, 6) is 0.706. The van der Waals surface area contributed by atoms with Crippen molar-refractivity contribution in [2.75, 3.05) is 13.1 Å². The number of hydrogen-bond acceptors (Lipinski definition) is 4. The molecule has 0 radical (unpaired) electrons. The number of carbonyl (C=O) groups is 1. The van der Waals surface area contributed by atoms with Crippen LogP contribution in [0.3, 0.4) is 0 Å². The highest BCUT2D eigenvalue weighted by atomic mass is 35.5. The van der Waals surface area contributed by atoms with Crippen molar-refractivity contribution in [3.8, 4) is 5.75 Å². The van der Waals surface area contributed by atoms with E-state index in [-0.39, 0.29) is 24.0 Å². The monoisotopic (exact) mass is 361 g/mol. The molecule has 7 heteroatoms. The number of aromatic nitrogens is 2. The van der Waals surface area contributed by atoms with Gasteiger partial charge in [-0.1, -0.05) is 17.7 Å². The van der Waals surface area contributed by atoms with Crippen LogP contribution in [-0.4, -0.2) is 39.8 Å². The first-order chi connectivity index (χ1) is 12.0. The molecule has 2 aromatic rings. The maximum Gasteiger partial charge on any atom is 0.266 e. The average molecular weight is 362 g/mol. The van der Waals surface area contributed by atoms with E-state index in [1.54, 1.807) is 30.1 Å². The van der Waals surface area contributed by atoms with Crippen LogP contribution in [0, 0.1) is 0 Å². The summed E-state index contributed by atoms with van der Waals surface area (Å²) in [7, 11) is 1.58. The molecule has 1 saturated heterocycles. The highest BCUT2D eigenvalue weighted by Crippen LogP contribution is 2.22. The molecule has 1 fully saturated rings. The fourth-order valence-corrected chi connectivity index (χ4v) is 3.09. The molecule has 0 spiro atoms. The number of hydrogen-bond donors (Lipinski definition) is 0. The number of benzene rings is 1. The van der Waals surface area contributed by atoms with E-state index in [9.17, 15) is 9.59 Å². The van der Waals surface area contributed by atoms with Gasteiger partial charge in [-0.25, -0.2) is 4.68 Å². The summed E-state index contributed by atoms with van der Waals surface area (Å²) in [5, 5.41) is 4.74. The number of halogens is 1.